The van der Waals surface area contributed by atoms with Gasteiger partial charge in [0.2, 0.25) is 0 Å². The van der Waals surface area contributed by atoms with Crippen LogP contribution in [0.2, 0.25) is 0 Å². The van der Waals surface area contributed by atoms with Crippen LogP contribution in [0.25, 0.3) is 0 Å². The van der Waals surface area contributed by atoms with E-state index in [4.69, 9.17) is 10.5 Å². The highest BCUT2D eigenvalue weighted by Gasteiger charge is 2.08. The lowest BCUT2D eigenvalue weighted by molar-refractivity contribution is 0.275. The normalized spacial score (nSPS) is 10.5. The third-order valence-corrected chi connectivity index (χ3v) is 2.39. The van der Waals surface area contributed by atoms with Crippen molar-refractivity contribution in [3.63, 3.8) is 0 Å². The second kappa shape index (κ2) is 5.45. The van der Waals surface area contributed by atoms with E-state index in [1.165, 1.54) is 6.07 Å². The van der Waals surface area contributed by atoms with Gasteiger partial charge in [0.1, 0.15) is 6.61 Å². The zero-order valence-electron chi connectivity index (χ0n) is 9.34. The number of benzene rings is 1. The molecule has 4 nitrogen and oxygen atoms in total. The Kier molecular flexibility index (Phi) is 3.72. The Morgan fingerprint density at radius 2 is 2.24 bits per heavy atom. The lowest BCUT2D eigenvalue weighted by Gasteiger charge is -2.11. The van der Waals surface area contributed by atoms with Crippen molar-refractivity contribution in [2.24, 2.45) is 5.73 Å². The van der Waals surface area contributed by atoms with E-state index >= 15 is 0 Å². The van der Waals surface area contributed by atoms with E-state index in [9.17, 15) is 4.39 Å². The minimum atomic E-state index is -0.381. The van der Waals surface area contributed by atoms with Crippen LogP contribution in [0.1, 0.15) is 5.56 Å². The van der Waals surface area contributed by atoms with Gasteiger partial charge in [0, 0.05) is 24.5 Å². The van der Waals surface area contributed by atoms with E-state index in [0.29, 0.717) is 18.7 Å². The van der Waals surface area contributed by atoms with E-state index in [2.05, 4.69) is 5.10 Å². The van der Waals surface area contributed by atoms with Crippen LogP contribution in [0, 0.1) is 5.82 Å². The van der Waals surface area contributed by atoms with Crippen molar-refractivity contribution in [3.8, 4) is 5.75 Å². The fraction of sp³-hybridized carbons (Fsp3) is 0.250. The Hall–Kier alpha value is -1.88. The van der Waals surface area contributed by atoms with Crippen molar-refractivity contribution in [2.75, 3.05) is 6.61 Å². The van der Waals surface area contributed by atoms with Gasteiger partial charge in [0.05, 0.1) is 6.54 Å². The zero-order chi connectivity index (χ0) is 12.1. The van der Waals surface area contributed by atoms with Crippen LogP contribution >= 0.6 is 0 Å². The molecule has 2 aromatic rings. The summed E-state index contributed by atoms with van der Waals surface area (Å²) >= 11 is 0. The topological polar surface area (TPSA) is 53.1 Å². The first-order valence-electron chi connectivity index (χ1n) is 5.39. The van der Waals surface area contributed by atoms with Crippen LogP contribution in [0.4, 0.5) is 4.39 Å². The summed E-state index contributed by atoms with van der Waals surface area (Å²) in [6, 6.07) is 6.57. The molecular formula is C12H14FN3O. The van der Waals surface area contributed by atoms with E-state index in [0.717, 1.165) is 0 Å². The molecule has 5 heteroatoms. The Bertz CT molecular complexity index is 471. The Morgan fingerprint density at radius 1 is 1.35 bits per heavy atom. The molecule has 0 saturated heterocycles. The summed E-state index contributed by atoms with van der Waals surface area (Å²) in [7, 11) is 0. The third-order valence-electron chi connectivity index (χ3n) is 2.39. The number of ether oxygens (including phenoxy) is 1. The summed E-state index contributed by atoms with van der Waals surface area (Å²) in [5.41, 5.74) is 6.19. The summed E-state index contributed by atoms with van der Waals surface area (Å²) in [5, 5.41) is 4.03. The van der Waals surface area contributed by atoms with E-state index in [1.54, 1.807) is 23.0 Å². The van der Waals surface area contributed by atoms with Crippen molar-refractivity contribution in [3.05, 3.63) is 48.0 Å². The van der Waals surface area contributed by atoms with Crippen LogP contribution in [0.3, 0.4) is 0 Å². The SMILES string of the molecule is NCc1cccc(F)c1OCCn1cccn1. The average molecular weight is 235 g/mol. The molecule has 0 fully saturated rings. The maximum atomic E-state index is 13.5. The monoisotopic (exact) mass is 235 g/mol. The highest BCUT2D eigenvalue weighted by atomic mass is 19.1. The van der Waals surface area contributed by atoms with E-state index in [1.807, 2.05) is 12.3 Å². The molecule has 0 unspecified atom stereocenters. The van der Waals surface area contributed by atoms with Crippen LogP contribution < -0.4 is 10.5 Å². The molecule has 0 aliphatic heterocycles. The number of halogens is 1. The number of rotatable bonds is 5. The maximum absolute atomic E-state index is 13.5. The van der Waals surface area contributed by atoms with Gasteiger partial charge in [-0.15, -0.1) is 0 Å². The zero-order valence-corrected chi connectivity index (χ0v) is 9.34. The lowest BCUT2D eigenvalue weighted by atomic mass is 10.2. The molecule has 0 atom stereocenters. The number of hydrogen-bond donors (Lipinski definition) is 1. The van der Waals surface area contributed by atoms with Gasteiger partial charge in [0.15, 0.2) is 11.6 Å². The highest BCUT2D eigenvalue weighted by molar-refractivity contribution is 5.34. The molecule has 1 heterocycles. The number of nitrogens with zero attached hydrogens (tertiary/aromatic N) is 2. The fourth-order valence-corrected chi connectivity index (χ4v) is 1.55. The molecule has 0 aliphatic carbocycles. The molecule has 2 N–H and O–H groups in total. The first-order chi connectivity index (χ1) is 8.31. The second-order valence-corrected chi connectivity index (χ2v) is 3.55. The first kappa shape index (κ1) is 11.6. The van der Waals surface area contributed by atoms with Gasteiger partial charge < -0.3 is 10.5 Å². The number of nitrogens with two attached hydrogens (primary N) is 1. The third kappa shape index (κ3) is 2.82. The van der Waals surface area contributed by atoms with Gasteiger partial charge in [-0.1, -0.05) is 12.1 Å². The van der Waals surface area contributed by atoms with Crippen molar-refractivity contribution in [2.45, 2.75) is 13.1 Å². The largest absolute Gasteiger partial charge is 0.488 e. The lowest BCUT2D eigenvalue weighted by Crippen LogP contribution is -2.11. The van der Waals surface area contributed by atoms with Gasteiger partial charge >= 0.3 is 0 Å². The summed E-state index contributed by atoms with van der Waals surface area (Å²) in [4.78, 5) is 0. The molecule has 0 spiro atoms. The Morgan fingerprint density at radius 3 is 2.94 bits per heavy atom. The van der Waals surface area contributed by atoms with E-state index in [-0.39, 0.29) is 18.1 Å². The number of para-hydroxylation sites is 1. The molecule has 1 aromatic heterocycles. The van der Waals surface area contributed by atoms with Crippen molar-refractivity contribution < 1.29 is 9.13 Å². The van der Waals surface area contributed by atoms with Crippen LogP contribution in [-0.2, 0) is 13.1 Å². The molecular weight excluding hydrogens is 221 g/mol. The molecule has 0 saturated carbocycles. The minimum absolute atomic E-state index is 0.238. The summed E-state index contributed by atoms with van der Waals surface area (Å²) in [6.45, 7) is 1.19. The molecule has 2 rings (SSSR count). The van der Waals surface area contributed by atoms with Crippen LogP contribution in [0.15, 0.2) is 36.7 Å². The smallest absolute Gasteiger partial charge is 0.165 e. The molecule has 90 valence electrons. The predicted octanol–water partition coefficient (Wildman–Crippen LogP) is 1.56. The van der Waals surface area contributed by atoms with Gasteiger partial charge in [-0.3, -0.25) is 4.68 Å². The minimum Gasteiger partial charge on any atom is -0.488 e. The highest BCUT2D eigenvalue weighted by Crippen LogP contribution is 2.22. The van der Waals surface area contributed by atoms with Crippen molar-refractivity contribution >= 4 is 0 Å². The molecule has 0 bridgehead atoms. The predicted molar refractivity (Wildman–Crippen MR) is 62.0 cm³/mol. The van der Waals surface area contributed by atoms with Crippen molar-refractivity contribution in [1.82, 2.24) is 9.78 Å². The van der Waals surface area contributed by atoms with Crippen LogP contribution in [-0.4, -0.2) is 16.4 Å². The Labute approximate surface area is 98.8 Å². The molecule has 0 amide bonds. The summed E-state index contributed by atoms with van der Waals surface area (Å²) in [5.74, 6) is -0.143. The summed E-state index contributed by atoms with van der Waals surface area (Å²) in [6.07, 6.45) is 3.52. The van der Waals surface area contributed by atoms with Crippen molar-refractivity contribution in [1.29, 1.82) is 0 Å². The fourth-order valence-electron chi connectivity index (χ4n) is 1.55. The van der Waals surface area contributed by atoms with Crippen LogP contribution in [0.5, 0.6) is 5.75 Å². The van der Waals surface area contributed by atoms with Gasteiger partial charge in [-0.25, -0.2) is 4.39 Å². The quantitative estimate of drug-likeness (QED) is 0.855. The average Bonchev–Trinajstić information content (AvgIpc) is 2.84. The first-order valence-corrected chi connectivity index (χ1v) is 5.39. The molecule has 17 heavy (non-hydrogen) atoms. The van der Waals surface area contributed by atoms with Gasteiger partial charge in [-0.05, 0) is 12.1 Å². The summed E-state index contributed by atoms with van der Waals surface area (Å²) < 4.78 is 20.6. The number of aromatic nitrogens is 2. The maximum Gasteiger partial charge on any atom is 0.165 e. The van der Waals surface area contributed by atoms with Gasteiger partial charge in [-0.2, -0.15) is 5.10 Å². The standard InChI is InChI=1S/C12H14FN3O/c13-11-4-1-3-10(9-14)12(11)17-8-7-16-6-2-5-15-16/h1-6H,7-9,14H2. The molecule has 0 aliphatic rings. The Balaban J connectivity index is 1.98. The van der Waals surface area contributed by atoms with E-state index < -0.39 is 0 Å². The van der Waals surface area contributed by atoms with Gasteiger partial charge in [0.25, 0.3) is 0 Å². The number of hydrogen-bond acceptors (Lipinski definition) is 3. The second-order valence-electron chi connectivity index (χ2n) is 3.55. The molecule has 0 radical (unpaired) electrons. The molecule has 1 aromatic carbocycles.